The van der Waals surface area contributed by atoms with Crippen molar-refractivity contribution in [3.05, 3.63) is 0 Å². The minimum Gasteiger partial charge on any atom is -0.314 e. The summed E-state index contributed by atoms with van der Waals surface area (Å²) in [5.41, 5.74) is 5.67. The van der Waals surface area contributed by atoms with Crippen LogP contribution in [-0.4, -0.2) is 14.8 Å². The third-order valence-electron chi connectivity index (χ3n) is 0.845. The van der Waals surface area contributed by atoms with E-state index in [0.29, 0.717) is 0 Å². The van der Waals surface area contributed by atoms with Gasteiger partial charge in [0.2, 0.25) is 0 Å². The SMILES string of the molecule is S=C1NNCC1(Br)Br. The van der Waals surface area contributed by atoms with E-state index in [1.165, 1.54) is 0 Å². The number of nitrogens with one attached hydrogen (secondary N) is 2. The maximum atomic E-state index is 4.89. The molecule has 1 rings (SSSR count). The van der Waals surface area contributed by atoms with Crippen molar-refractivity contribution >= 4 is 49.1 Å². The summed E-state index contributed by atoms with van der Waals surface area (Å²) in [6, 6.07) is 0. The first-order chi connectivity index (χ1) is 3.63. The topological polar surface area (TPSA) is 24.1 Å². The largest absolute Gasteiger partial charge is 0.314 e. The molecule has 1 aliphatic rings. The highest BCUT2D eigenvalue weighted by Crippen LogP contribution is 2.28. The molecule has 0 aliphatic carbocycles. The van der Waals surface area contributed by atoms with Crippen molar-refractivity contribution in [3.63, 3.8) is 0 Å². The third-order valence-corrected chi connectivity index (χ3v) is 3.17. The van der Waals surface area contributed by atoms with Gasteiger partial charge in [0.15, 0.2) is 0 Å². The molecule has 1 saturated heterocycles. The van der Waals surface area contributed by atoms with Gasteiger partial charge in [-0.25, -0.2) is 5.43 Å². The third kappa shape index (κ3) is 1.21. The summed E-state index contributed by atoms with van der Waals surface area (Å²) in [6.07, 6.45) is 0. The smallest absolute Gasteiger partial charge is 0.145 e. The van der Waals surface area contributed by atoms with Gasteiger partial charge in [0, 0.05) is 6.54 Å². The standard InChI is InChI=1S/C3H4Br2N2S/c4-3(5)1-6-7-2(3)8/h6H,1H2,(H,7,8). The minimum atomic E-state index is -0.213. The molecule has 0 atom stereocenters. The molecule has 0 aromatic carbocycles. The summed E-state index contributed by atoms with van der Waals surface area (Å²) in [4.78, 5) is 0.748. The summed E-state index contributed by atoms with van der Waals surface area (Å²) in [6.45, 7) is 0.770. The normalized spacial score (nSPS) is 25.5. The number of rotatable bonds is 0. The molecule has 0 aromatic heterocycles. The van der Waals surface area contributed by atoms with Gasteiger partial charge in [-0.3, -0.25) is 0 Å². The number of hydrogen-bond acceptors (Lipinski definition) is 2. The first kappa shape index (κ1) is 6.92. The molecule has 2 nitrogen and oxygen atoms in total. The zero-order valence-corrected chi connectivity index (χ0v) is 7.86. The van der Waals surface area contributed by atoms with Gasteiger partial charge in [-0.2, -0.15) is 0 Å². The Hall–Kier alpha value is 0.810. The first-order valence-corrected chi connectivity index (χ1v) is 4.03. The van der Waals surface area contributed by atoms with Gasteiger partial charge >= 0.3 is 0 Å². The zero-order valence-electron chi connectivity index (χ0n) is 3.87. The second-order valence-corrected chi connectivity index (χ2v) is 5.69. The Balaban J connectivity index is 2.68. The van der Waals surface area contributed by atoms with Crippen LogP contribution in [0.2, 0.25) is 0 Å². The fourth-order valence-corrected chi connectivity index (χ4v) is 1.03. The lowest BCUT2D eigenvalue weighted by atomic mass is 10.5. The van der Waals surface area contributed by atoms with Gasteiger partial charge in [0.05, 0.1) is 0 Å². The highest BCUT2D eigenvalue weighted by molar-refractivity contribution is 9.26. The molecule has 1 fully saturated rings. The lowest BCUT2D eigenvalue weighted by Gasteiger charge is -2.06. The molecule has 46 valence electrons. The molecule has 0 unspecified atom stereocenters. The Labute approximate surface area is 69.6 Å². The van der Waals surface area contributed by atoms with Crippen molar-refractivity contribution in [2.24, 2.45) is 0 Å². The molecule has 8 heavy (non-hydrogen) atoms. The van der Waals surface area contributed by atoms with E-state index in [4.69, 9.17) is 12.2 Å². The van der Waals surface area contributed by atoms with Crippen LogP contribution in [0.5, 0.6) is 0 Å². The van der Waals surface area contributed by atoms with E-state index in [1.807, 2.05) is 0 Å². The second-order valence-electron chi connectivity index (χ2n) is 1.51. The lowest BCUT2D eigenvalue weighted by Crippen LogP contribution is -2.26. The minimum absolute atomic E-state index is 0.213. The van der Waals surface area contributed by atoms with E-state index in [0.717, 1.165) is 11.5 Å². The van der Waals surface area contributed by atoms with Crippen LogP contribution in [0.4, 0.5) is 0 Å². The molecule has 0 bridgehead atoms. The fraction of sp³-hybridized carbons (Fsp3) is 0.667. The van der Waals surface area contributed by atoms with Crippen LogP contribution in [0.3, 0.4) is 0 Å². The quantitative estimate of drug-likeness (QED) is 0.500. The average molecular weight is 260 g/mol. The Morgan fingerprint density at radius 3 is 2.38 bits per heavy atom. The Morgan fingerprint density at radius 1 is 1.62 bits per heavy atom. The molecule has 0 aromatic rings. The monoisotopic (exact) mass is 258 g/mol. The molecule has 0 radical (unpaired) electrons. The van der Waals surface area contributed by atoms with Gasteiger partial charge < -0.3 is 5.43 Å². The molecule has 2 N–H and O–H groups in total. The second kappa shape index (κ2) is 2.21. The van der Waals surface area contributed by atoms with Gasteiger partial charge in [-0.15, -0.1) is 0 Å². The van der Waals surface area contributed by atoms with E-state index >= 15 is 0 Å². The number of hydrazine groups is 1. The van der Waals surface area contributed by atoms with Crippen molar-refractivity contribution in [1.29, 1.82) is 0 Å². The summed E-state index contributed by atoms with van der Waals surface area (Å²) < 4.78 is -0.213. The Kier molecular flexibility index (Phi) is 1.91. The van der Waals surface area contributed by atoms with Crippen LogP contribution in [0.25, 0.3) is 0 Å². The van der Waals surface area contributed by atoms with Crippen LogP contribution in [0.15, 0.2) is 0 Å². The van der Waals surface area contributed by atoms with E-state index in [2.05, 4.69) is 42.7 Å². The summed E-state index contributed by atoms with van der Waals surface area (Å²) >= 11 is 11.6. The molecular weight excluding hydrogens is 256 g/mol. The van der Waals surface area contributed by atoms with Gasteiger partial charge in [0.25, 0.3) is 0 Å². The van der Waals surface area contributed by atoms with Crippen molar-refractivity contribution in [3.8, 4) is 0 Å². The highest BCUT2D eigenvalue weighted by Gasteiger charge is 2.32. The van der Waals surface area contributed by atoms with Crippen LogP contribution < -0.4 is 10.9 Å². The van der Waals surface area contributed by atoms with Crippen LogP contribution >= 0.6 is 44.1 Å². The van der Waals surface area contributed by atoms with Crippen molar-refractivity contribution in [2.75, 3.05) is 6.54 Å². The van der Waals surface area contributed by atoms with Crippen LogP contribution in [-0.2, 0) is 0 Å². The van der Waals surface area contributed by atoms with Crippen molar-refractivity contribution in [1.82, 2.24) is 10.9 Å². The Bertz CT molecular complexity index is 124. The fourth-order valence-electron chi connectivity index (χ4n) is 0.407. The summed E-state index contributed by atoms with van der Waals surface area (Å²) in [5.74, 6) is 0. The summed E-state index contributed by atoms with van der Waals surface area (Å²) in [5, 5.41) is 0. The van der Waals surface area contributed by atoms with Gasteiger partial charge in [-0.05, 0) is 0 Å². The van der Waals surface area contributed by atoms with Crippen molar-refractivity contribution < 1.29 is 0 Å². The summed E-state index contributed by atoms with van der Waals surface area (Å²) in [7, 11) is 0. The molecule has 0 spiro atoms. The first-order valence-electron chi connectivity index (χ1n) is 2.04. The van der Waals surface area contributed by atoms with Gasteiger partial charge in [-0.1, -0.05) is 44.1 Å². The predicted octanol–water partition coefficient (Wildman–Crippen LogP) is 0.908. The number of hydrogen-bond donors (Lipinski definition) is 2. The maximum absolute atomic E-state index is 4.89. The molecule has 0 amide bonds. The van der Waals surface area contributed by atoms with E-state index in [1.54, 1.807) is 0 Å². The van der Waals surface area contributed by atoms with Crippen molar-refractivity contribution in [2.45, 2.75) is 3.23 Å². The van der Waals surface area contributed by atoms with E-state index in [9.17, 15) is 0 Å². The number of thiocarbonyl (C=S) groups is 1. The van der Waals surface area contributed by atoms with Crippen LogP contribution in [0, 0.1) is 0 Å². The number of alkyl halides is 2. The van der Waals surface area contributed by atoms with Gasteiger partial charge in [0.1, 0.15) is 8.22 Å². The number of halogens is 2. The van der Waals surface area contributed by atoms with E-state index < -0.39 is 0 Å². The molecular formula is C3H4Br2N2S. The lowest BCUT2D eigenvalue weighted by molar-refractivity contribution is 0.744. The molecule has 1 heterocycles. The predicted molar refractivity (Wildman–Crippen MR) is 44.3 cm³/mol. The van der Waals surface area contributed by atoms with E-state index in [-0.39, 0.29) is 3.23 Å². The average Bonchev–Trinajstić information content (AvgIpc) is 1.86. The van der Waals surface area contributed by atoms with Crippen LogP contribution in [0.1, 0.15) is 0 Å². The molecule has 1 aliphatic heterocycles. The molecule has 0 saturated carbocycles. The highest BCUT2D eigenvalue weighted by atomic mass is 79.9. The zero-order chi connectivity index (χ0) is 6.20. The molecule has 5 heteroatoms. The Morgan fingerprint density at radius 2 is 2.25 bits per heavy atom. The maximum Gasteiger partial charge on any atom is 0.145 e.